The third-order valence-corrected chi connectivity index (χ3v) is 2.07. The zero-order valence-electron chi connectivity index (χ0n) is 9.36. The van der Waals surface area contributed by atoms with Crippen LogP contribution in [0.1, 0.15) is 19.3 Å². The molecule has 2 aliphatic heterocycles. The Balaban J connectivity index is 0. The van der Waals surface area contributed by atoms with Crippen LogP contribution in [-0.2, 0) is 0 Å². The molecule has 1 saturated heterocycles. The fourth-order valence-corrected chi connectivity index (χ4v) is 1.60. The van der Waals surface area contributed by atoms with Crippen LogP contribution in [0.4, 0.5) is 4.79 Å². The predicted octanol–water partition coefficient (Wildman–Crippen LogP) is -7.55. The molecule has 0 amide bonds. The molecule has 0 unspecified atom stereocenters. The van der Waals surface area contributed by atoms with Gasteiger partial charge in [-0.15, -0.1) is 0 Å². The molecule has 7 heteroatoms. The molecule has 0 aromatic carbocycles. The number of carbonyl (C=O) groups excluding carboxylic acids is 1. The smallest absolute Gasteiger partial charge is 0.652 e. The number of aliphatic imine (C=N–C) groups is 1. The number of amidine groups is 1. The molecule has 2 rings (SSSR count). The van der Waals surface area contributed by atoms with Crippen molar-refractivity contribution in [3.8, 4) is 0 Å². The van der Waals surface area contributed by atoms with Crippen LogP contribution in [0.2, 0.25) is 0 Å². The number of fused-ring (bicyclic) bond motifs is 1. The van der Waals surface area contributed by atoms with Crippen molar-refractivity contribution in [1.29, 1.82) is 0 Å². The first-order chi connectivity index (χ1) is 6.20. The molecule has 0 aromatic rings. The van der Waals surface area contributed by atoms with Gasteiger partial charge in [0.05, 0.1) is 5.84 Å². The van der Waals surface area contributed by atoms with Gasteiger partial charge in [-0.2, -0.15) is 0 Å². The van der Waals surface area contributed by atoms with Crippen LogP contribution in [-0.4, -0.2) is 36.5 Å². The van der Waals surface area contributed by atoms with Crippen molar-refractivity contribution in [1.82, 2.24) is 4.90 Å². The second kappa shape index (κ2) is 11.1. The standard InChI is InChI=1S/C7H12N2.CH2O3.2K/c1-3-7-8-4-2-6-9(7)5-1;2-1(3)4;;/h1-6H2;(H2,2,3,4);;/q;;2*+1/p-2. The van der Waals surface area contributed by atoms with E-state index >= 15 is 0 Å². The summed E-state index contributed by atoms with van der Waals surface area (Å²) in [6.07, 6.45) is 1.50. The van der Waals surface area contributed by atoms with Gasteiger partial charge in [0.25, 0.3) is 0 Å². The van der Waals surface area contributed by atoms with Gasteiger partial charge in [0.1, 0.15) is 0 Å². The first-order valence-corrected chi connectivity index (χ1v) is 4.36. The second-order valence-electron chi connectivity index (χ2n) is 2.99. The van der Waals surface area contributed by atoms with E-state index in [1.807, 2.05) is 0 Å². The van der Waals surface area contributed by atoms with Gasteiger partial charge in [0.15, 0.2) is 0 Å². The molecule has 2 aliphatic rings. The Morgan fingerprint density at radius 1 is 1.20 bits per heavy atom. The summed E-state index contributed by atoms with van der Waals surface area (Å²) in [6.45, 7) is 3.60. The quantitative estimate of drug-likeness (QED) is 0.406. The van der Waals surface area contributed by atoms with Gasteiger partial charge in [0, 0.05) is 26.1 Å². The molecule has 0 aromatic heterocycles. The molecule has 0 spiro atoms. The molecule has 2 heterocycles. The summed E-state index contributed by atoms with van der Waals surface area (Å²) in [5.74, 6) is 1.38. The van der Waals surface area contributed by atoms with E-state index in [0.29, 0.717) is 0 Å². The third kappa shape index (κ3) is 8.70. The average molecular weight is 262 g/mol. The Morgan fingerprint density at radius 2 is 1.73 bits per heavy atom. The van der Waals surface area contributed by atoms with Crippen LogP contribution in [0.15, 0.2) is 4.99 Å². The molecule has 0 atom stereocenters. The van der Waals surface area contributed by atoms with Crippen molar-refractivity contribution in [2.24, 2.45) is 4.99 Å². The number of carboxylic acid groups (broad SMARTS) is 2. The zero-order chi connectivity index (χ0) is 9.68. The molecule has 0 saturated carbocycles. The van der Waals surface area contributed by atoms with Gasteiger partial charge < -0.3 is 19.9 Å². The summed E-state index contributed by atoms with van der Waals surface area (Å²) in [7, 11) is 0. The fraction of sp³-hybridized carbons (Fsp3) is 0.750. The summed E-state index contributed by atoms with van der Waals surface area (Å²) < 4.78 is 0. The summed E-state index contributed by atoms with van der Waals surface area (Å²) >= 11 is 0. The van der Waals surface area contributed by atoms with Crippen LogP contribution in [0.25, 0.3) is 0 Å². The molecule has 15 heavy (non-hydrogen) atoms. The number of rotatable bonds is 0. The predicted molar refractivity (Wildman–Crippen MR) is 43.1 cm³/mol. The van der Waals surface area contributed by atoms with Crippen LogP contribution in [0, 0.1) is 0 Å². The molecule has 0 radical (unpaired) electrons. The molecule has 5 nitrogen and oxygen atoms in total. The van der Waals surface area contributed by atoms with E-state index in [1.54, 1.807) is 0 Å². The largest absolute Gasteiger partial charge is 1.00 e. The molecule has 0 bridgehead atoms. The van der Waals surface area contributed by atoms with Crippen molar-refractivity contribution in [3.05, 3.63) is 0 Å². The number of nitrogens with zero attached hydrogens (tertiary/aromatic N) is 2. The van der Waals surface area contributed by atoms with Gasteiger partial charge >= 0.3 is 103 Å². The summed E-state index contributed by atoms with van der Waals surface area (Å²) in [4.78, 5) is 15.2. The zero-order valence-corrected chi connectivity index (χ0v) is 15.6. The van der Waals surface area contributed by atoms with E-state index in [0.717, 1.165) is 6.54 Å². The van der Waals surface area contributed by atoms with E-state index in [4.69, 9.17) is 15.0 Å². The second-order valence-corrected chi connectivity index (χ2v) is 2.99. The normalized spacial score (nSPS) is 17.1. The Morgan fingerprint density at radius 3 is 2.27 bits per heavy atom. The minimum absolute atomic E-state index is 0. The summed E-state index contributed by atoms with van der Waals surface area (Å²) in [5.41, 5.74) is 0. The Bertz CT molecular complexity index is 220. The van der Waals surface area contributed by atoms with E-state index in [2.05, 4.69) is 9.89 Å². The van der Waals surface area contributed by atoms with E-state index in [1.165, 1.54) is 38.2 Å². The maximum atomic E-state index is 8.33. The van der Waals surface area contributed by atoms with Crippen molar-refractivity contribution >= 4 is 12.0 Å². The van der Waals surface area contributed by atoms with Gasteiger partial charge in [-0.3, -0.25) is 4.99 Å². The number of hydrogen-bond donors (Lipinski definition) is 0. The van der Waals surface area contributed by atoms with Crippen LogP contribution in [0.5, 0.6) is 0 Å². The van der Waals surface area contributed by atoms with Crippen LogP contribution in [0.3, 0.4) is 0 Å². The van der Waals surface area contributed by atoms with Crippen molar-refractivity contribution < 1.29 is 118 Å². The number of carbonyl (C=O) groups is 1. The first-order valence-electron chi connectivity index (χ1n) is 4.36. The number of hydrogen-bond acceptors (Lipinski definition) is 5. The summed E-state index contributed by atoms with van der Waals surface area (Å²) in [6, 6.07) is 0. The molecule has 0 N–H and O–H groups in total. The molecular weight excluding hydrogens is 250 g/mol. The molecule has 74 valence electrons. The van der Waals surface area contributed by atoms with E-state index in [-0.39, 0.29) is 103 Å². The SMILES string of the molecule is C1CN=C2CCCN2C1.O=C([O-])[O-].[K+].[K+]. The van der Waals surface area contributed by atoms with Gasteiger partial charge in [-0.25, -0.2) is 0 Å². The summed E-state index contributed by atoms with van der Waals surface area (Å²) in [5, 5.41) is 16.7. The Labute approximate surface area is 175 Å². The maximum Gasteiger partial charge on any atom is 1.00 e. The van der Waals surface area contributed by atoms with Gasteiger partial charge in [-0.1, -0.05) is 0 Å². The van der Waals surface area contributed by atoms with Gasteiger partial charge in [-0.05, 0) is 19.0 Å². The molecular formula is C8H12K2N2O3. The minimum atomic E-state index is -2.33. The molecule has 0 aliphatic carbocycles. The van der Waals surface area contributed by atoms with Gasteiger partial charge in [0.2, 0.25) is 0 Å². The van der Waals surface area contributed by atoms with Crippen LogP contribution < -0.4 is 113 Å². The monoisotopic (exact) mass is 262 g/mol. The third-order valence-electron chi connectivity index (χ3n) is 2.07. The Hall–Kier alpha value is 2.01. The maximum absolute atomic E-state index is 8.33. The van der Waals surface area contributed by atoms with Crippen LogP contribution >= 0.6 is 0 Å². The van der Waals surface area contributed by atoms with E-state index < -0.39 is 6.16 Å². The van der Waals surface area contributed by atoms with E-state index in [9.17, 15) is 0 Å². The Kier molecular flexibility index (Phi) is 14.4. The average Bonchev–Trinajstić information content (AvgIpc) is 2.49. The fourth-order valence-electron chi connectivity index (χ4n) is 1.60. The van der Waals surface area contributed by atoms with Crippen molar-refractivity contribution in [2.45, 2.75) is 19.3 Å². The minimum Gasteiger partial charge on any atom is -0.652 e. The van der Waals surface area contributed by atoms with Crippen molar-refractivity contribution in [2.75, 3.05) is 19.6 Å². The van der Waals surface area contributed by atoms with Crippen molar-refractivity contribution in [3.63, 3.8) is 0 Å². The first kappa shape index (κ1) is 19.4. The molecule has 1 fully saturated rings. The topological polar surface area (TPSA) is 78.8 Å².